The Balaban J connectivity index is 3.43. The van der Waals surface area contributed by atoms with E-state index in [2.05, 4.69) is 12.1 Å². The number of hydrogen-bond acceptors (Lipinski definition) is 2. The molecule has 0 aromatic rings. The van der Waals surface area contributed by atoms with E-state index in [1.165, 1.54) is 5.57 Å². The van der Waals surface area contributed by atoms with Crippen molar-refractivity contribution in [1.29, 1.82) is 0 Å². The van der Waals surface area contributed by atoms with E-state index < -0.39 is 0 Å². The molecule has 0 saturated heterocycles. The average molecular weight is 127 g/mol. The van der Waals surface area contributed by atoms with E-state index in [4.69, 9.17) is 4.84 Å². The maximum atomic E-state index is 4.74. The lowest BCUT2D eigenvalue weighted by atomic mass is 10.3. The van der Waals surface area contributed by atoms with Gasteiger partial charge in [0.25, 0.3) is 0 Å². The van der Waals surface area contributed by atoms with Gasteiger partial charge in [-0.3, -0.25) is 0 Å². The lowest BCUT2D eigenvalue weighted by Gasteiger charge is -1.90. The highest BCUT2D eigenvalue weighted by Crippen LogP contribution is 1.97. The standard InChI is InChI=1S/C7H13NO/c1-4-7(3)6-9-8-5-2/h5-6H,4H2,1-3H3/b7-6?,8-5-. The first-order valence-electron chi connectivity index (χ1n) is 3.10. The molecule has 0 aliphatic carbocycles. The molecule has 0 heterocycles. The van der Waals surface area contributed by atoms with Gasteiger partial charge in [-0.2, -0.15) is 0 Å². The molecule has 0 rings (SSSR count). The van der Waals surface area contributed by atoms with Gasteiger partial charge in [-0.1, -0.05) is 12.1 Å². The monoisotopic (exact) mass is 127 g/mol. The molecule has 0 fully saturated rings. The Hall–Kier alpha value is -0.790. The van der Waals surface area contributed by atoms with Crippen molar-refractivity contribution in [2.24, 2.45) is 5.16 Å². The number of hydrogen-bond donors (Lipinski definition) is 0. The highest BCUT2D eigenvalue weighted by atomic mass is 16.6. The van der Waals surface area contributed by atoms with Gasteiger partial charge in [-0.05, 0) is 25.8 Å². The van der Waals surface area contributed by atoms with Crippen molar-refractivity contribution in [2.45, 2.75) is 27.2 Å². The second-order valence-corrected chi connectivity index (χ2v) is 1.79. The molecule has 2 heteroatoms. The van der Waals surface area contributed by atoms with Gasteiger partial charge in [0.2, 0.25) is 0 Å². The average Bonchev–Trinajstić information content (AvgIpc) is 1.89. The van der Waals surface area contributed by atoms with Crippen LogP contribution in [-0.2, 0) is 4.84 Å². The third kappa shape index (κ3) is 5.07. The molecule has 0 radical (unpaired) electrons. The van der Waals surface area contributed by atoms with E-state index in [0.717, 1.165) is 6.42 Å². The fourth-order valence-corrected chi connectivity index (χ4v) is 0.265. The van der Waals surface area contributed by atoms with Crippen LogP contribution >= 0.6 is 0 Å². The lowest BCUT2D eigenvalue weighted by molar-refractivity contribution is 0.266. The van der Waals surface area contributed by atoms with Gasteiger partial charge < -0.3 is 4.84 Å². The SMILES string of the molecule is C/C=N\OC=C(C)CC. The predicted octanol–water partition coefficient (Wildman–Crippen LogP) is 2.32. The second kappa shape index (κ2) is 5.35. The van der Waals surface area contributed by atoms with Crippen LogP contribution in [0.3, 0.4) is 0 Å². The first-order chi connectivity index (χ1) is 4.31. The Morgan fingerprint density at radius 3 is 2.78 bits per heavy atom. The van der Waals surface area contributed by atoms with Crippen LogP contribution in [0.2, 0.25) is 0 Å². The van der Waals surface area contributed by atoms with Gasteiger partial charge in [0.1, 0.15) is 6.26 Å². The minimum absolute atomic E-state index is 1.01. The largest absolute Gasteiger partial charge is 0.365 e. The zero-order chi connectivity index (χ0) is 7.11. The highest BCUT2D eigenvalue weighted by Gasteiger charge is 1.80. The molecule has 0 amide bonds. The Kier molecular flexibility index (Phi) is 4.88. The van der Waals surface area contributed by atoms with Crippen molar-refractivity contribution in [3.8, 4) is 0 Å². The molecule has 52 valence electrons. The molecule has 0 aromatic carbocycles. The van der Waals surface area contributed by atoms with E-state index >= 15 is 0 Å². The smallest absolute Gasteiger partial charge is 0.121 e. The number of allylic oxidation sites excluding steroid dienone is 1. The van der Waals surface area contributed by atoms with Crippen LogP contribution < -0.4 is 0 Å². The molecule has 9 heavy (non-hydrogen) atoms. The normalized spacial score (nSPS) is 12.6. The van der Waals surface area contributed by atoms with Crippen LogP contribution in [0.25, 0.3) is 0 Å². The summed E-state index contributed by atoms with van der Waals surface area (Å²) >= 11 is 0. The van der Waals surface area contributed by atoms with Crippen LogP contribution in [0.15, 0.2) is 17.0 Å². The molecule has 0 spiro atoms. The number of oxime groups is 1. The summed E-state index contributed by atoms with van der Waals surface area (Å²) in [6, 6.07) is 0. The summed E-state index contributed by atoms with van der Waals surface area (Å²) in [5, 5.41) is 3.56. The maximum Gasteiger partial charge on any atom is 0.121 e. The predicted molar refractivity (Wildman–Crippen MR) is 39.3 cm³/mol. The Morgan fingerprint density at radius 2 is 2.33 bits per heavy atom. The topological polar surface area (TPSA) is 21.6 Å². The van der Waals surface area contributed by atoms with E-state index in [1.807, 2.05) is 13.8 Å². The van der Waals surface area contributed by atoms with Crippen LogP contribution in [0.4, 0.5) is 0 Å². The summed E-state index contributed by atoms with van der Waals surface area (Å²) in [4.78, 5) is 4.74. The zero-order valence-electron chi connectivity index (χ0n) is 6.22. The van der Waals surface area contributed by atoms with Gasteiger partial charge in [0, 0.05) is 6.21 Å². The summed E-state index contributed by atoms with van der Waals surface area (Å²) in [6.45, 7) is 5.89. The minimum atomic E-state index is 1.01. The second-order valence-electron chi connectivity index (χ2n) is 1.79. The van der Waals surface area contributed by atoms with Crippen LogP contribution in [0, 0.1) is 0 Å². The van der Waals surface area contributed by atoms with Crippen molar-refractivity contribution in [1.82, 2.24) is 0 Å². The third-order valence-corrected chi connectivity index (χ3v) is 0.978. The Bertz CT molecular complexity index is 116. The molecule has 0 atom stereocenters. The molecule has 0 aliphatic rings. The van der Waals surface area contributed by atoms with Gasteiger partial charge in [0.15, 0.2) is 0 Å². The van der Waals surface area contributed by atoms with Gasteiger partial charge in [0.05, 0.1) is 0 Å². The number of nitrogens with zero attached hydrogens (tertiary/aromatic N) is 1. The number of rotatable bonds is 3. The fraction of sp³-hybridized carbons (Fsp3) is 0.571. The van der Waals surface area contributed by atoms with E-state index in [1.54, 1.807) is 12.5 Å². The Labute approximate surface area is 56.2 Å². The third-order valence-electron chi connectivity index (χ3n) is 0.978. The lowest BCUT2D eigenvalue weighted by Crippen LogP contribution is -1.73. The summed E-state index contributed by atoms with van der Waals surface area (Å²) in [7, 11) is 0. The summed E-state index contributed by atoms with van der Waals surface area (Å²) in [5.41, 5.74) is 1.20. The summed E-state index contributed by atoms with van der Waals surface area (Å²) in [5.74, 6) is 0. The maximum absolute atomic E-state index is 4.74. The van der Waals surface area contributed by atoms with Crippen molar-refractivity contribution < 1.29 is 4.84 Å². The first-order valence-corrected chi connectivity index (χ1v) is 3.10. The van der Waals surface area contributed by atoms with Gasteiger partial charge >= 0.3 is 0 Å². The molecule has 2 nitrogen and oxygen atoms in total. The van der Waals surface area contributed by atoms with E-state index in [0.29, 0.717) is 0 Å². The van der Waals surface area contributed by atoms with Gasteiger partial charge in [-0.25, -0.2) is 0 Å². The van der Waals surface area contributed by atoms with Crippen molar-refractivity contribution in [3.05, 3.63) is 11.8 Å². The molecule has 0 unspecified atom stereocenters. The minimum Gasteiger partial charge on any atom is -0.365 e. The van der Waals surface area contributed by atoms with Crippen LogP contribution in [0.5, 0.6) is 0 Å². The molecule has 0 N–H and O–H groups in total. The molecule has 0 bridgehead atoms. The van der Waals surface area contributed by atoms with E-state index in [-0.39, 0.29) is 0 Å². The van der Waals surface area contributed by atoms with Crippen LogP contribution in [0.1, 0.15) is 27.2 Å². The molecule has 0 aliphatic heterocycles. The van der Waals surface area contributed by atoms with Crippen molar-refractivity contribution in [2.75, 3.05) is 0 Å². The zero-order valence-corrected chi connectivity index (χ0v) is 6.22. The van der Waals surface area contributed by atoms with E-state index in [9.17, 15) is 0 Å². The first kappa shape index (κ1) is 8.21. The van der Waals surface area contributed by atoms with Crippen molar-refractivity contribution in [3.63, 3.8) is 0 Å². The molecule has 0 saturated carbocycles. The molecular formula is C7H13NO. The Morgan fingerprint density at radius 1 is 1.67 bits per heavy atom. The fourth-order valence-electron chi connectivity index (χ4n) is 0.265. The van der Waals surface area contributed by atoms with Crippen LogP contribution in [-0.4, -0.2) is 6.21 Å². The highest BCUT2D eigenvalue weighted by molar-refractivity contribution is 5.52. The molecule has 0 aromatic heterocycles. The quantitative estimate of drug-likeness (QED) is 0.324. The summed E-state index contributed by atoms with van der Waals surface area (Å²) < 4.78 is 0. The van der Waals surface area contributed by atoms with Crippen molar-refractivity contribution >= 4 is 6.21 Å². The summed E-state index contributed by atoms with van der Waals surface area (Å²) in [6.07, 6.45) is 4.28. The molecular weight excluding hydrogens is 114 g/mol. The van der Waals surface area contributed by atoms with Gasteiger partial charge in [-0.15, -0.1) is 0 Å².